The van der Waals surface area contributed by atoms with Gasteiger partial charge in [-0.05, 0) is 91.9 Å². The van der Waals surface area contributed by atoms with Crippen molar-refractivity contribution in [3.8, 4) is 11.4 Å². The Morgan fingerprint density at radius 3 is 1.63 bits per heavy atom. The number of benzene rings is 3. The molecular formula is C31H31F6N5O. The Morgan fingerprint density at radius 2 is 1.21 bits per heavy atom. The van der Waals surface area contributed by atoms with E-state index in [1.165, 1.54) is 24.3 Å². The zero-order valence-corrected chi connectivity index (χ0v) is 23.6. The maximum absolute atomic E-state index is 13.2. The fourth-order valence-electron chi connectivity index (χ4n) is 5.55. The van der Waals surface area contributed by atoms with Crippen LogP contribution in [0.25, 0.3) is 11.4 Å². The third-order valence-corrected chi connectivity index (χ3v) is 7.99. The third kappa shape index (κ3) is 6.59. The highest BCUT2D eigenvalue weighted by Crippen LogP contribution is 2.44. The number of likely N-dealkylation sites (tertiary alicyclic amines) is 1. The number of aromatic nitrogens is 4. The van der Waals surface area contributed by atoms with E-state index >= 15 is 0 Å². The molecule has 12 heteroatoms. The highest BCUT2D eigenvalue weighted by atomic mass is 19.4. The fraction of sp³-hybridized carbons (Fsp3) is 0.387. The van der Waals surface area contributed by atoms with Crippen molar-refractivity contribution in [3.63, 3.8) is 0 Å². The number of aliphatic hydroxyl groups is 1. The van der Waals surface area contributed by atoms with Crippen molar-refractivity contribution < 1.29 is 31.4 Å². The Hall–Kier alpha value is -3.77. The molecule has 228 valence electrons. The minimum absolute atomic E-state index is 0.0969. The summed E-state index contributed by atoms with van der Waals surface area (Å²) < 4.78 is 79.4. The van der Waals surface area contributed by atoms with Gasteiger partial charge in [0, 0.05) is 12.1 Å². The largest absolute Gasteiger partial charge is 0.416 e. The van der Waals surface area contributed by atoms with Crippen molar-refractivity contribution >= 4 is 0 Å². The standard InChI is InChI=1S/C31H31F6N5O/c1-20(2)42-39-28(38-40-42)22-5-3-21(4-6-22)19-41-17-15-25(16-18-41)29(43,23-7-11-26(12-8-23)30(32,33)34)24-9-13-27(14-10-24)31(35,36)37/h3-14,20,25,43H,15-19H2,1-2H3. The van der Waals surface area contributed by atoms with E-state index in [1.54, 1.807) is 4.80 Å². The van der Waals surface area contributed by atoms with E-state index in [9.17, 15) is 31.4 Å². The van der Waals surface area contributed by atoms with Crippen molar-refractivity contribution in [2.24, 2.45) is 5.92 Å². The van der Waals surface area contributed by atoms with Crippen LogP contribution in [0.5, 0.6) is 0 Å². The molecule has 1 N–H and O–H groups in total. The van der Waals surface area contributed by atoms with Crippen LogP contribution in [0.15, 0.2) is 72.8 Å². The first-order chi connectivity index (χ1) is 20.2. The topological polar surface area (TPSA) is 67.1 Å². The van der Waals surface area contributed by atoms with Gasteiger partial charge in [0.15, 0.2) is 0 Å². The summed E-state index contributed by atoms with van der Waals surface area (Å²) in [4.78, 5) is 3.75. The van der Waals surface area contributed by atoms with Gasteiger partial charge in [-0.3, -0.25) is 4.90 Å². The lowest BCUT2D eigenvalue weighted by Gasteiger charge is -2.42. The second-order valence-electron chi connectivity index (χ2n) is 11.2. The molecule has 1 fully saturated rings. The third-order valence-electron chi connectivity index (χ3n) is 7.99. The Labute approximate surface area is 245 Å². The monoisotopic (exact) mass is 603 g/mol. The van der Waals surface area contributed by atoms with Gasteiger partial charge in [0.1, 0.15) is 5.60 Å². The summed E-state index contributed by atoms with van der Waals surface area (Å²) in [6.07, 6.45) is -8.15. The minimum atomic E-state index is -4.56. The first-order valence-electron chi connectivity index (χ1n) is 13.9. The molecule has 4 aromatic rings. The number of halogens is 6. The Balaban J connectivity index is 1.32. The lowest BCUT2D eigenvalue weighted by Crippen LogP contribution is -2.44. The highest BCUT2D eigenvalue weighted by Gasteiger charge is 2.43. The van der Waals surface area contributed by atoms with E-state index in [2.05, 4.69) is 20.3 Å². The van der Waals surface area contributed by atoms with Crippen molar-refractivity contribution in [3.05, 3.63) is 101 Å². The van der Waals surface area contributed by atoms with E-state index < -0.39 is 35.0 Å². The molecule has 0 saturated carbocycles. The Bertz CT molecular complexity index is 1450. The van der Waals surface area contributed by atoms with E-state index in [-0.39, 0.29) is 17.2 Å². The first-order valence-corrected chi connectivity index (χ1v) is 13.9. The summed E-state index contributed by atoms with van der Waals surface area (Å²) in [6, 6.07) is 16.3. The second kappa shape index (κ2) is 11.7. The fourth-order valence-corrected chi connectivity index (χ4v) is 5.55. The quantitative estimate of drug-likeness (QED) is 0.228. The average molecular weight is 604 g/mol. The maximum Gasteiger partial charge on any atom is 0.416 e. The molecule has 0 bridgehead atoms. The summed E-state index contributed by atoms with van der Waals surface area (Å²) in [5.41, 5.74) is -1.21. The number of rotatable bonds is 7. The van der Waals surface area contributed by atoms with Gasteiger partial charge in [-0.25, -0.2) is 0 Å². The van der Waals surface area contributed by atoms with Gasteiger partial charge < -0.3 is 5.11 Å². The molecule has 5 rings (SSSR count). The predicted octanol–water partition coefficient (Wildman–Crippen LogP) is 7.11. The molecule has 0 amide bonds. The van der Waals surface area contributed by atoms with E-state index in [0.29, 0.717) is 38.3 Å². The summed E-state index contributed by atoms with van der Waals surface area (Å²) in [7, 11) is 0. The van der Waals surface area contributed by atoms with Gasteiger partial charge in [0.25, 0.3) is 0 Å². The van der Waals surface area contributed by atoms with Crippen molar-refractivity contribution in [2.45, 2.75) is 57.2 Å². The Morgan fingerprint density at radius 1 is 0.744 bits per heavy atom. The molecule has 43 heavy (non-hydrogen) atoms. The molecule has 0 aliphatic carbocycles. The normalized spacial score (nSPS) is 15.8. The molecule has 3 aromatic carbocycles. The first kappa shape index (κ1) is 30.7. The molecule has 1 aliphatic heterocycles. The average Bonchev–Trinajstić information content (AvgIpc) is 3.48. The van der Waals surface area contributed by atoms with Crippen LogP contribution in [0.4, 0.5) is 26.3 Å². The van der Waals surface area contributed by atoms with Crippen molar-refractivity contribution in [1.82, 2.24) is 25.1 Å². The number of hydrogen-bond acceptors (Lipinski definition) is 5. The number of tetrazole rings is 1. The van der Waals surface area contributed by atoms with Crippen LogP contribution in [-0.4, -0.2) is 43.3 Å². The minimum Gasteiger partial charge on any atom is -0.380 e. The van der Waals surface area contributed by atoms with Crippen LogP contribution in [0.3, 0.4) is 0 Å². The summed E-state index contributed by atoms with van der Waals surface area (Å²) in [6.45, 7) is 5.73. The summed E-state index contributed by atoms with van der Waals surface area (Å²) in [5, 5.41) is 24.7. The molecule has 2 heterocycles. The molecule has 0 spiro atoms. The van der Waals surface area contributed by atoms with Crippen molar-refractivity contribution in [2.75, 3.05) is 13.1 Å². The Kier molecular flexibility index (Phi) is 8.36. The summed E-state index contributed by atoms with van der Waals surface area (Å²) in [5.74, 6) is 0.0983. The molecular weight excluding hydrogens is 572 g/mol. The second-order valence-corrected chi connectivity index (χ2v) is 11.2. The zero-order chi connectivity index (χ0) is 31.0. The number of nitrogens with zero attached hydrogens (tertiary/aromatic N) is 5. The van der Waals surface area contributed by atoms with E-state index in [1.807, 2.05) is 38.1 Å². The van der Waals surface area contributed by atoms with Crippen LogP contribution in [0.1, 0.15) is 60.5 Å². The van der Waals surface area contributed by atoms with E-state index in [4.69, 9.17) is 0 Å². The van der Waals surface area contributed by atoms with Crippen LogP contribution in [0, 0.1) is 5.92 Å². The molecule has 1 aromatic heterocycles. The van der Waals surface area contributed by atoms with E-state index in [0.717, 1.165) is 35.4 Å². The predicted molar refractivity (Wildman–Crippen MR) is 148 cm³/mol. The molecule has 6 nitrogen and oxygen atoms in total. The van der Waals surface area contributed by atoms with Crippen molar-refractivity contribution in [1.29, 1.82) is 0 Å². The molecule has 1 aliphatic rings. The smallest absolute Gasteiger partial charge is 0.380 e. The SMILES string of the molecule is CC(C)n1nnc(-c2ccc(CN3CCC(C(O)(c4ccc(C(F)(F)F)cc4)c4ccc(C(F)(F)F)cc4)CC3)cc2)n1. The molecule has 0 unspecified atom stereocenters. The van der Waals surface area contributed by atoms with Crippen LogP contribution >= 0.6 is 0 Å². The zero-order valence-electron chi connectivity index (χ0n) is 23.6. The lowest BCUT2D eigenvalue weighted by molar-refractivity contribution is -0.138. The van der Waals surface area contributed by atoms with Crippen LogP contribution < -0.4 is 0 Å². The summed E-state index contributed by atoms with van der Waals surface area (Å²) >= 11 is 0. The van der Waals surface area contributed by atoms with Gasteiger partial charge >= 0.3 is 12.4 Å². The maximum atomic E-state index is 13.2. The highest BCUT2D eigenvalue weighted by molar-refractivity contribution is 5.54. The van der Waals surface area contributed by atoms with Crippen LogP contribution in [-0.2, 0) is 24.5 Å². The van der Waals surface area contributed by atoms with Crippen LogP contribution in [0.2, 0.25) is 0 Å². The van der Waals surface area contributed by atoms with Gasteiger partial charge in [-0.2, -0.15) is 31.1 Å². The molecule has 1 saturated heterocycles. The number of alkyl halides is 6. The molecule has 0 atom stereocenters. The van der Waals surface area contributed by atoms with Gasteiger partial charge in [-0.1, -0.05) is 48.5 Å². The molecule has 0 radical (unpaired) electrons. The van der Waals surface area contributed by atoms with Gasteiger partial charge in [0.2, 0.25) is 5.82 Å². The van der Waals surface area contributed by atoms with Gasteiger partial charge in [-0.15, -0.1) is 10.2 Å². The number of hydrogen-bond donors (Lipinski definition) is 1. The lowest BCUT2D eigenvalue weighted by atomic mass is 9.71. The number of piperidine rings is 1. The van der Waals surface area contributed by atoms with Gasteiger partial charge in [0.05, 0.1) is 17.2 Å².